The molecule has 2 rings (SSSR count). The van der Waals surface area contributed by atoms with Crippen LogP contribution < -0.4 is 5.32 Å². The van der Waals surface area contributed by atoms with Crippen LogP contribution in [0.15, 0.2) is 6.33 Å². The zero-order chi connectivity index (χ0) is 10.8. The van der Waals surface area contributed by atoms with E-state index in [0.717, 1.165) is 11.3 Å². The van der Waals surface area contributed by atoms with Crippen LogP contribution in [0.4, 0.5) is 5.82 Å². The lowest BCUT2D eigenvalue weighted by atomic mass is 10.2. The maximum atomic E-state index is 10.7. The highest BCUT2D eigenvalue weighted by Gasteiger charge is 2.20. The Morgan fingerprint density at radius 2 is 2.40 bits per heavy atom. The van der Waals surface area contributed by atoms with Gasteiger partial charge in [0.1, 0.15) is 18.2 Å². The number of carbonyl (C=O) groups is 1. The molecule has 1 aromatic heterocycles. The van der Waals surface area contributed by atoms with E-state index >= 15 is 0 Å². The maximum Gasteiger partial charge on any atom is 0.325 e. The van der Waals surface area contributed by atoms with Crippen molar-refractivity contribution in [3.63, 3.8) is 0 Å². The van der Waals surface area contributed by atoms with Gasteiger partial charge in [-0.2, -0.15) is 0 Å². The number of hydrogen-bond donors (Lipinski definition) is 2. The number of rotatable bonds is 3. The van der Waals surface area contributed by atoms with E-state index in [-0.39, 0.29) is 0 Å². The first-order valence-corrected chi connectivity index (χ1v) is 4.58. The number of aliphatic carboxylic acids is 1. The first-order valence-electron chi connectivity index (χ1n) is 4.58. The molecular weight excluding hydrogens is 198 g/mol. The van der Waals surface area contributed by atoms with Crippen molar-refractivity contribution < 1.29 is 14.6 Å². The van der Waals surface area contributed by atoms with E-state index in [4.69, 9.17) is 9.84 Å². The van der Waals surface area contributed by atoms with E-state index < -0.39 is 12.0 Å². The summed E-state index contributed by atoms with van der Waals surface area (Å²) in [6, 6.07) is -0.676. The number of nitrogens with zero attached hydrogens (tertiary/aromatic N) is 2. The molecule has 0 aromatic carbocycles. The Hall–Kier alpha value is -1.69. The fraction of sp³-hybridized carbons (Fsp3) is 0.444. The molecule has 1 atom stereocenters. The van der Waals surface area contributed by atoms with Crippen molar-refractivity contribution in [2.24, 2.45) is 0 Å². The molecule has 2 N–H and O–H groups in total. The quantitative estimate of drug-likeness (QED) is 0.749. The minimum atomic E-state index is -0.915. The molecule has 1 aliphatic heterocycles. The summed E-state index contributed by atoms with van der Waals surface area (Å²) in [6.45, 7) is 2.46. The van der Waals surface area contributed by atoms with E-state index in [1.54, 1.807) is 6.92 Å². The van der Waals surface area contributed by atoms with Gasteiger partial charge in [0.25, 0.3) is 0 Å². The summed E-state index contributed by atoms with van der Waals surface area (Å²) in [4.78, 5) is 18.7. The average molecular weight is 209 g/mol. The molecule has 6 nitrogen and oxygen atoms in total. The second-order valence-electron chi connectivity index (χ2n) is 3.34. The molecule has 0 saturated carbocycles. The fourth-order valence-corrected chi connectivity index (χ4v) is 1.37. The molecule has 2 heterocycles. The van der Waals surface area contributed by atoms with Crippen LogP contribution in [0.3, 0.4) is 0 Å². The van der Waals surface area contributed by atoms with Gasteiger partial charge in [-0.15, -0.1) is 0 Å². The van der Waals surface area contributed by atoms with Gasteiger partial charge < -0.3 is 15.2 Å². The van der Waals surface area contributed by atoms with Crippen molar-refractivity contribution in [1.82, 2.24) is 9.97 Å². The van der Waals surface area contributed by atoms with Crippen molar-refractivity contribution >= 4 is 11.8 Å². The van der Waals surface area contributed by atoms with Crippen molar-refractivity contribution in [3.05, 3.63) is 17.6 Å². The van der Waals surface area contributed by atoms with Crippen LogP contribution >= 0.6 is 0 Å². The number of carboxylic acids is 1. The molecular formula is C9H11N3O3. The molecule has 1 aliphatic rings. The first-order chi connectivity index (χ1) is 7.18. The van der Waals surface area contributed by atoms with Gasteiger partial charge in [0.2, 0.25) is 0 Å². The number of ether oxygens (including phenoxy) is 1. The van der Waals surface area contributed by atoms with Crippen molar-refractivity contribution in [2.45, 2.75) is 26.2 Å². The number of fused-ring (bicyclic) bond motifs is 1. The summed E-state index contributed by atoms with van der Waals surface area (Å²) in [5, 5.41) is 11.6. The van der Waals surface area contributed by atoms with E-state index in [1.165, 1.54) is 6.33 Å². The second kappa shape index (κ2) is 3.82. The van der Waals surface area contributed by atoms with Crippen LogP contribution in [0.25, 0.3) is 0 Å². The lowest BCUT2D eigenvalue weighted by Gasteiger charge is -2.11. The molecule has 0 spiro atoms. The van der Waals surface area contributed by atoms with Crippen LogP contribution in [-0.2, 0) is 22.7 Å². The van der Waals surface area contributed by atoms with Gasteiger partial charge in [0.15, 0.2) is 0 Å². The second-order valence-corrected chi connectivity index (χ2v) is 3.34. The van der Waals surface area contributed by atoms with Crippen LogP contribution in [0.2, 0.25) is 0 Å². The summed E-state index contributed by atoms with van der Waals surface area (Å²) in [5.41, 5.74) is 1.68. The predicted molar refractivity (Wildman–Crippen MR) is 51.2 cm³/mol. The monoisotopic (exact) mass is 209 g/mol. The zero-order valence-corrected chi connectivity index (χ0v) is 8.23. The fourth-order valence-electron chi connectivity index (χ4n) is 1.37. The normalized spacial score (nSPS) is 15.8. The Kier molecular flexibility index (Phi) is 2.51. The Balaban J connectivity index is 2.22. The minimum Gasteiger partial charge on any atom is -0.480 e. The Bertz CT molecular complexity index is 394. The minimum absolute atomic E-state index is 0.435. The zero-order valence-electron chi connectivity index (χ0n) is 8.23. The van der Waals surface area contributed by atoms with Crippen molar-refractivity contribution in [1.29, 1.82) is 0 Å². The van der Waals surface area contributed by atoms with Crippen molar-refractivity contribution in [2.75, 3.05) is 5.32 Å². The van der Waals surface area contributed by atoms with Gasteiger partial charge in [-0.3, -0.25) is 4.79 Å². The van der Waals surface area contributed by atoms with Gasteiger partial charge in [0.05, 0.1) is 18.9 Å². The molecule has 1 unspecified atom stereocenters. The first kappa shape index (κ1) is 9.85. The average Bonchev–Trinajstić information content (AvgIpc) is 2.66. The van der Waals surface area contributed by atoms with Crippen LogP contribution in [0, 0.1) is 0 Å². The molecule has 0 amide bonds. The Morgan fingerprint density at radius 1 is 1.60 bits per heavy atom. The molecule has 0 fully saturated rings. The number of carboxylic acid groups (broad SMARTS) is 1. The third-order valence-corrected chi connectivity index (χ3v) is 2.24. The lowest BCUT2D eigenvalue weighted by Crippen LogP contribution is -2.26. The predicted octanol–water partition coefficient (Wildman–Crippen LogP) is 0.392. The standard InChI is InChI=1S/C9H11N3O3/c1-5(9(13)14)12-8-6-2-15-3-7(6)10-4-11-8/h4-5H,2-3H2,1H3,(H,13,14)(H,10,11,12). The lowest BCUT2D eigenvalue weighted by molar-refractivity contribution is -0.137. The number of hydrogen-bond acceptors (Lipinski definition) is 5. The van der Waals surface area contributed by atoms with Crippen LogP contribution in [-0.4, -0.2) is 27.1 Å². The molecule has 1 aromatic rings. The number of aromatic nitrogens is 2. The molecule has 0 radical (unpaired) electrons. The van der Waals surface area contributed by atoms with E-state index in [1.807, 2.05) is 0 Å². The van der Waals surface area contributed by atoms with Gasteiger partial charge in [-0.25, -0.2) is 9.97 Å². The number of nitrogens with one attached hydrogen (secondary N) is 1. The molecule has 15 heavy (non-hydrogen) atoms. The van der Waals surface area contributed by atoms with E-state index in [9.17, 15) is 4.79 Å². The molecule has 0 bridgehead atoms. The van der Waals surface area contributed by atoms with Crippen LogP contribution in [0.1, 0.15) is 18.2 Å². The third-order valence-electron chi connectivity index (χ3n) is 2.24. The highest BCUT2D eigenvalue weighted by atomic mass is 16.5. The highest BCUT2D eigenvalue weighted by molar-refractivity contribution is 5.76. The Morgan fingerprint density at radius 3 is 3.13 bits per heavy atom. The molecule has 6 heteroatoms. The smallest absolute Gasteiger partial charge is 0.325 e. The van der Waals surface area contributed by atoms with Gasteiger partial charge in [0, 0.05) is 5.56 Å². The van der Waals surface area contributed by atoms with Gasteiger partial charge in [-0.05, 0) is 6.92 Å². The third kappa shape index (κ3) is 1.89. The van der Waals surface area contributed by atoms with E-state index in [2.05, 4.69) is 15.3 Å². The summed E-state index contributed by atoms with van der Waals surface area (Å²) < 4.78 is 5.21. The summed E-state index contributed by atoms with van der Waals surface area (Å²) >= 11 is 0. The molecule has 80 valence electrons. The SMILES string of the molecule is CC(Nc1ncnc2c1COC2)C(=O)O. The summed E-state index contributed by atoms with van der Waals surface area (Å²) in [7, 11) is 0. The Labute approximate surface area is 86.3 Å². The largest absolute Gasteiger partial charge is 0.480 e. The maximum absolute atomic E-state index is 10.7. The highest BCUT2D eigenvalue weighted by Crippen LogP contribution is 2.23. The topological polar surface area (TPSA) is 84.3 Å². The molecule has 0 aliphatic carbocycles. The molecule has 0 saturated heterocycles. The summed E-state index contributed by atoms with van der Waals surface area (Å²) in [6.07, 6.45) is 1.41. The van der Waals surface area contributed by atoms with Gasteiger partial charge in [-0.1, -0.05) is 0 Å². The summed E-state index contributed by atoms with van der Waals surface area (Å²) in [5.74, 6) is -0.367. The van der Waals surface area contributed by atoms with Gasteiger partial charge >= 0.3 is 5.97 Å². The van der Waals surface area contributed by atoms with Crippen molar-refractivity contribution in [3.8, 4) is 0 Å². The number of anilines is 1. The van der Waals surface area contributed by atoms with Crippen LogP contribution in [0.5, 0.6) is 0 Å². The van der Waals surface area contributed by atoms with E-state index in [0.29, 0.717) is 19.0 Å².